The molecule has 0 aliphatic heterocycles. The number of carbonyl (C=O) groups is 1. The minimum atomic E-state index is -4.48. The Kier molecular flexibility index (Phi) is 3.90. The molecule has 3 nitrogen and oxygen atoms in total. The van der Waals surface area contributed by atoms with Gasteiger partial charge in [0.2, 0.25) is 0 Å². The van der Waals surface area contributed by atoms with Crippen LogP contribution in [0.5, 0.6) is 0 Å². The van der Waals surface area contributed by atoms with Gasteiger partial charge in [-0.2, -0.15) is 13.2 Å². The van der Waals surface area contributed by atoms with E-state index in [4.69, 9.17) is 0 Å². The zero-order chi connectivity index (χ0) is 12.2. The van der Waals surface area contributed by atoms with E-state index >= 15 is 0 Å². The Labute approximate surface area is 93.3 Å². The highest BCUT2D eigenvalue weighted by Gasteiger charge is 2.34. The summed E-state index contributed by atoms with van der Waals surface area (Å²) in [5, 5.41) is -0.986. The third-order valence-electron chi connectivity index (χ3n) is 1.31. The highest BCUT2D eigenvalue weighted by Crippen LogP contribution is 2.31. The van der Waals surface area contributed by atoms with Gasteiger partial charge in [-0.3, -0.25) is 0 Å². The van der Waals surface area contributed by atoms with Crippen molar-refractivity contribution in [3.63, 3.8) is 0 Å². The molecular weight excluding hydrogens is 243 g/mol. The summed E-state index contributed by atoms with van der Waals surface area (Å²) in [5.74, 6) is 3.54. The van der Waals surface area contributed by atoms with Crippen LogP contribution in [-0.2, 0) is 15.7 Å². The molecule has 0 aromatic carbocycles. The van der Waals surface area contributed by atoms with Crippen molar-refractivity contribution in [3.05, 3.63) is 16.1 Å². The van der Waals surface area contributed by atoms with Gasteiger partial charge in [-0.15, -0.1) is 11.3 Å². The predicted molar refractivity (Wildman–Crippen MR) is 50.6 cm³/mol. The SMILES string of the molecule is CCOC(=O)C#Cc1cnc(C(F)(F)F)s1. The van der Waals surface area contributed by atoms with Gasteiger partial charge in [-0.05, 0) is 12.8 Å². The summed E-state index contributed by atoms with van der Waals surface area (Å²) in [6.45, 7) is 1.78. The summed E-state index contributed by atoms with van der Waals surface area (Å²) in [5.41, 5.74) is 0. The number of halogens is 3. The van der Waals surface area contributed by atoms with Crippen LogP contribution < -0.4 is 0 Å². The molecule has 0 spiro atoms. The maximum atomic E-state index is 12.1. The fourth-order valence-corrected chi connectivity index (χ4v) is 1.38. The second-order valence-corrected chi connectivity index (χ2v) is 3.53. The molecule has 0 aliphatic rings. The zero-order valence-electron chi connectivity index (χ0n) is 8.09. The zero-order valence-corrected chi connectivity index (χ0v) is 8.91. The summed E-state index contributed by atoms with van der Waals surface area (Å²) in [4.78, 5) is 14.0. The molecule has 0 N–H and O–H groups in total. The van der Waals surface area contributed by atoms with Crippen LogP contribution in [0.25, 0.3) is 0 Å². The lowest BCUT2D eigenvalue weighted by Gasteiger charge is -1.98. The number of thiazole rings is 1. The molecule has 0 saturated heterocycles. The molecular formula is C9H6F3NO2S. The molecule has 0 saturated carbocycles. The summed E-state index contributed by atoms with van der Waals surface area (Å²) in [6, 6.07) is 0. The smallest absolute Gasteiger partial charge is 0.443 e. The molecule has 1 heterocycles. The number of rotatable bonds is 1. The number of alkyl halides is 3. The molecule has 0 fully saturated rings. The normalized spacial score (nSPS) is 10.5. The first-order chi connectivity index (χ1) is 7.43. The molecule has 7 heteroatoms. The fraction of sp³-hybridized carbons (Fsp3) is 0.333. The van der Waals surface area contributed by atoms with Crippen LogP contribution in [-0.4, -0.2) is 17.6 Å². The highest BCUT2D eigenvalue weighted by molar-refractivity contribution is 7.12. The van der Waals surface area contributed by atoms with Crippen molar-refractivity contribution in [3.8, 4) is 11.8 Å². The Morgan fingerprint density at radius 2 is 2.31 bits per heavy atom. The molecule has 1 aromatic heterocycles. The maximum absolute atomic E-state index is 12.1. The van der Waals surface area contributed by atoms with Crippen LogP contribution in [0, 0.1) is 11.8 Å². The number of ether oxygens (including phenoxy) is 1. The molecule has 0 aliphatic carbocycles. The van der Waals surface area contributed by atoms with Gasteiger partial charge in [0.25, 0.3) is 0 Å². The van der Waals surface area contributed by atoms with Crippen molar-refractivity contribution in [1.82, 2.24) is 4.98 Å². The van der Waals surface area contributed by atoms with Gasteiger partial charge in [-0.25, -0.2) is 9.78 Å². The molecule has 0 atom stereocenters. The van der Waals surface area contributed by atoms with E-state index in [1.54, 1.807) is 6.92 Å². The van der Waals surface area contributed by atoms with Gasteiger partial charge >= 0.3 is 12.1 Å². The largest absolute Gasteiger partial charge is 0.456 e. The molecule has 1 rings (SSSR count). The molecule has 0 bridgehead atoms. The van der Waals surface area contributed by atoms with E-state index < -0.39 is 17.2 Å². The van der Waals surface area contributed by atoms with E-state index in [1.165, 1.54) is 0 Å². The minimum Gasteiger partial charge on any atom is -0.456 e. The molecule has 0 amide bonds. The van der Waals surface area contributed by atoms with Crippen molar-refractivity contribution in [2.24, 2.45) is 0 Å². The molecule has 0 unspecified atom stereocenters. The van der Waals surface area contributed by atoms with E-state index in [-0.39, 0.29) is 11.5 Å². The fourth-order valence-electron chi connectivity index (χ4n) is 0.743. The van der Waals surface area contributed by atoms with Gasteiger partial charge in [0.1, 0.15) is 0 Å². The number of esters is 1. The summed E-state index contributed by atoms with van der Waals surface area (Å²) in [7, 11) is 0. The maximum Gasteiger partial charge on any atom is 0.443 e. The first kappa shape index (κ1) is 12.5. The lowest BCUT2D eigenvalue weighted by atomic mass is 10.5. The van der Waals surface area contributed by atoms with E-state index in [0.29, 0.717) is 11.3 Å². The van der Waals surface area contributed by atoms with Gasteiger partial charge < -0.3 is 4.74 Å². The number of carbonyl (C=O) groups excluding carboxylic acids is 1. The van der Waals surface area contributed by atoms with Crippen molar-refractivity contribution >= 4 is 17.3 Å². The highest BCUT2D eigenvalue weighted by atomic mass is 32.1. The van der Waals surface area contributed by atoms with Crippen molar-refractivity contribution in [2.75, 3.05) is 6.61 Å². The summed E-state index contributed by atoms with van der Waals surface area (Å²) in [6.07, 6.45) is -3.51. The van der Waals surface area contributed by atoms with Crippen molar-refractivity contribution < 1.29 is 22.7 Å². The Morgan fingerprint density at radius 3 is 2.81 bits per heavy atom. The van der Waals surface area contributed by atoms with Gasteiger partial charge in [0, 0.05) is 5.92 Å². The van der Waals surface area contributed by atoms with Crippen LogP contribution in [0.2, 0.25) is 0 Å². The van der Waals surface area contributed by atoms with Crippen LogP contribution in [0.15, 0.2) is 6.20 Å². The third-order valence-corrected chi connectivity index (χ3v) is 2.27. The molecule has 0 radical (unpaired) electrons. The van der Waals surface area contributed by atoms with Crippen LogP contribution >= 0.6 is 11.3 Å². The molecule has 16 heavy (non-hydrogen) atoms. The lowest BCUT2D eigenvalue weighted by Crippen LogP contribution is -2.02. The van der Waals surface area contributed by atoms with Crippen LogP contribution in [0.3, 0.4) is 0 Å². The molecule has 1 aromatic rings. The predicted octanol–water partition coefficient (Wildman–Crippen LogP) is 2.08. The topological polar surface area (TPSA) is 39.2 Å². The van der Waals surface area contributed by atoms with E-state index in [9.17, 15) is 18.0 Å². The van der Waals surface area contributed by atoms with Crippen LogP contribution in [0.1, 0.15) is 16.8 Å². The Morgan fingerprint density at radius 1 is 1.62 bits per heavy atom. The van der Waals surface area contributed by atoms with Gasteiger partial charge in [0.15, 0.2) is 5.01 Å². The number of hydrogen-bond acceptors (Lipinski definition) is 4. The first-order valence-corrected chi connectivity index (χ1v) is 4.97. The Bertz CT molecular complexity index is 442. The summed E-state index contributed by atoms with van der Waals surface area (Å²) >= 11 is 0.382. The second-order valence-electron chi connectivity index (χ2n) is 2.50. The quantitative estimate of drug-likeness (QED) is 0.565. The lowest BCUT2D eigenvalue weighted by molar-refractivity contribution is -0.138. The average Bonchev–Trinajstić information content (AvgIpc) is 2.63. The van der Waals surface area contributed by atoms with E-state index in [0.717, 1.165) is 6.20 Å². The van der Waals surface area contributed by atoms with E-state index in [1.807, 2.05) is 0 Å². The van der Waals surface area contributed by atoms with Gasteiger partial charge in [-0.1, -0.05) is 0 Å². The van der Waals surface area contributed by atoms with E-state index in [2.05, 4.69) is 21.6 Å². The number of hydrogen-bond donors (Lipinski definition) is 0. The minimum absolute atomic E-state index is 0.0698. The number of aromatic nitrogens is 1. The number of nitrogens with zero attached hydrogens (tertiary/aromatic N) is 1. The van der Waals surface area contributed by atoms with Crippen molar-refractivity contribution in [2.45, 2.75) is 13.1 Å². The third kappa shape index (κ3) is 3.55. The standard InChI is InChI=1S/C9H6F3NO2S/c1-2-15-7(14)4-3-6-5-13-8(16-6)9(10,11)12/h5H,2H2,1H3. The average molecular weight is 249 g/mol. The monoisotopic (exact) mass is 249 g/mol. The first-order valence-electron chi connectivity index (χ1n) is 4.15. The van der Waals surface area contributed by atoms with Gasteiger partial charge in [0.05, 0.1) is 17.7 Å². The summed E-state index contributed by atoms with van der Waals surface area (Å²) < 4.78 is 40.9. The Hall–Kier alpha value is -1.55. The van der Waals surface area contributed by atoms with Crippen molar-refractivity contribution in [1.29, 1.82) is 0 Å². The van der Waals surface area contributed by atoms with Crippen LogP contribution in [0.4, 0.5) is 13.2 Å². The Balaban J connectivity index is 2.76. The second kappa shape index (κ2) is 4.99. The molecule has 86 valence electrons.